The minimum atomic E-state index is -3.72. The molecule has 0 aliphatic rings. The first-order chi connectivity index (χ1) is 9.79. The number of nitrogens with zero attached hydrogens (tertiary/aromatic N) is 1. The van der Waals surface area contributed by atoms with Crippen molar-refractivity contribution in [3.63, 3.8) is 0 Å². The van der Waals surface area contributed by atoms with Crippen molar-refractivity contribution in [2.75, 3.05) is 0 Å². The largest absolute Gasteiger partial charge is 0.488 e. The molecule has 2 aromatic rings. The van der Waals surface area contributed by atoms with Crippen molar-refractivity contribution >= 4 is 21.6 Å². The molecule has 2 N–H and O–H groups in total. The molecule has 1 heterocycles. The molecule has 1 aromatic heterocycles. The molecule has 5 nitrogen and oxygen atoms in total. The molecule has 2 rings (SSSR count). The molecule has 0 bridgehead atoms. The Morgan fingerprint density at radius 1 is 1.29 bits per heavy atom. The van der Waals surface area contributed by atoms with E-state index in [2.05, 4.69) is 4.98 Å². The Morgan fingerprint density at radius 2 is 1.90 bits per heavy atom. The number of halogens is 1. The van der Waals surface area contributed by atoms with Crippen molar-refractivity contribution in [3.05, 3.63) is 52.3 Å². The Hall–Kier alpha value is -1.63. The molecular weight excluding hydrogens is 312 g/mol. The van der Waals surface area contributed by atoms with Gasteiger partial charge in [-0.3, -0.25) is 4.98 Å². The number of sulfonamides is 1. The topological polar surface area (TPSA) is 82.3 Å². The summed E-state index contributed by atoms with van der Waals surface area (Å²) in [5.41, 5.74) is 2.20. The highest BCUT2D eigenvalue weighted by Gasteiger charge is 2.14. The van der Waals surface area contributed by atoms with E-state index in [9.17, 15) is 8.42 Å². The zero-order valence-corrected chi connectivity index (χ0v) is 13.2. The van der Waals surface area contributed by atoms with Gasteiger partial charge in [0.05, 0.1) is 9.92 Å². The molecule has 112 valence electrons. The second kappa shape index (κ2) is 6.01. The number of pyridine rings is 1. The molecule has 0 radical (unpaired) electrons. The number of primary sulfonamides is 1. The number of aromatic nitrogens is 1. The van der Waals surface area contributed by atoms with Gasteiger partial charge >= 0.3 is 0 Å². The van der Waals surface area contributed by atoms with E-state index in [4.69, 9.17) is 21.5 Å². The van der Waals surface area contributed by atoms with Gasteiger partial charge in [-0.15, -0.1) is 0 Å². The van der Waals surface area contributed by atoms with E-state index in [0.717, 1.165) is 5.56 Å². The first-order valence-corrected chi connectivity index (χ1v) is 8.06. The maximum atomic E-state index is 11.4. The summed E-state index contributed by atoms with van der Waals surface area (Å²) in [7, 11) is -3.72. The average molecular weight is 327 g/mol. The summed E-state index contributed by atoms with van der Waals surface area (Å²) in [6.07, 6.45) is 3.18. The lowest BCUT2D eigenvalue weighted by Crippen LogP contribution is -2.13. The third-order valence-corrected chi connectivity index (χ3v) is 4.22. The Labute approximate surface area is 128 Å². The Morgan fingerprint density at radius 3 is 2.43 bits per heavy atom. The zero-order chi connectivity index (χ0) is 15.6. The SMILES string of the molecule is Cc1cc(S(N)(=O)=O)cc(C)c1OCc1ccncc1Cl. The minimum absolute atomic E-state index is 0.0757. The number of rotatable bonds is 4. The molecule has 7 heteroatoms. The van der Waals surface area contributed by atoms with Crippen molar-refractivity contribution < 1.29 is 13.2 Å². The van der Waals surface area contributed by atoms with Gasteiger partial charge in [0.25, 0.3) is 0 Å². The molecule has 0 fully saturated rings. The third-order valence-electron chi connectivity index (χ3n) is 2.99. The fourth-order valence-electron chi connectivity index (χ4n) is 1.97. The summed E-state index contributed by atoms with van der Waals surface area (Å²) < 4.78 is 28.5. The summed E-state index contributed by atoms with van der Waals surface area (Å²) in [4.78, 5) is 3.98. The van der Waals surface area contributed by atoms with Crippen LogP contribution in [-0.2, 0) is 16.6 Å². The molecule has 0 atom stereocenters. The van der Waals surface area contributed by atoms with E-state index in [1.54, 1.807) is 32.3 Å². The number of benzene rings is 1. The molecule has 0 aliphatic heterocycles. The highest BCUT2D eigenvalue weighted by Crippen LogP contribution is 2.28. The number of hydrogen-bond acceptors (Lipinski definition) is 4. The lowest BCUT2D eigenvalue weighted by Gasteiger charge is -2.14. The Bertz CT molecular complexity index is 753. The summed E-state index contributed by atoms with van der Waals surface area (Å²) in [5.74, 6) is 0.621. The minimum Gasteiger partial charge on any atom is -0.488 e. The van der Waals surface area contributed by atoms with Crippen LogP contribution in [0.5, 0.6) is 5.75 Å². The predicted octanol–water partition coefficient (Wildman–Crippen LogP) is 2.58. The molecule has 0 spiro atoms. The average Bonchev–Trinajstić information content (AvgIpc) is 2.38. The van der Waals surface area contributed by atoms with Crippen LogP contribution in [0.3, 0.4) is 0 Å². The van der Waals surface area contributed by atoms with Gasteiger partial charge in [-0.2, -0.15) is 0 Å². The van der Waals surface area contributed by atoms with E-state index in [1.807, 2.05) is 0 Å². The molecule has 0 aliphatic carbocycles. The summed E-state index contributed by atoms with van der Waals surface area (Å²) >= 11 is 6.02. The first-order valence-electron chi connectivity index (χ1n) is 6.14. The van der Waals surface area contributed by atoms with Crippen LogP contribution in [0.25, 0.3) is 0 Å². The van der Waals surface area contributed by atoms with Crippen molar-refractivity contribution in [1.82, 2.24) is 4.98 Å². The standard InChI is InChI=1S/C14H15ClN2O3S/c1-9-5-12(21(16,18)19)6-10(2)14(9)20-8-11-3-4-17-7-13(11)15/h3-7H,8H2,1-2H3,(H2,16,18,19). The smallest absolute Gasteiger partial charge is 0.238 e. The van der Waals surface area contributed by atoms with E-state index in [1.165, 1.54) is 12.1 Å². The number of nitrogens with two attached hydrogens (primary N) is 1. The summed E-state index contributed by atoms with van der Waals surface area (Å²) in [5, 5.41) is 5.66. The second-order valence-corrected chi connectivity index (χ2v) is 6.66. The van der Waals surface area contributed by atoms with Gasteiger partial charge in [0.1, 0.15) is 12.4 Å². The second-order valence-electron chi connectivity index (χ2n) is 4.69. The van der Waals surface area contributed by atoms with Crippen molar-refractivity contribution in [1.29, 1.82) is 0 Å². The number of hydrogen-bond donors (Lipinski definition) is 1. The summed E-state index contributed by atoms with van der Waals surface area (Å²) in [6.45, 7) is 3.81. The maximum Gasteiger partial charge on any atom is 0.238 e. The van der Waals surface area contributed by atoms with Gasteiger partial charge in [0, 0.05) is 18.0 Å². The lowest BCUT2D eigenvalue weighted by atomic mass is 10.1. The van der Waals surface area contributed by atoms with Crippen LogP contribution in [0, 0.1) is 13.8 Å². The van der Waals surface area contributed by atoms with Gasteiger partial charge in [-0.05, 0) is 43.2 Å². The van der Waals surface area contributed by atoms with Crippen LogP contribution in [0.2, 0.25) is 5.02 Å². The predicted molar refractivity (Wildman–Crippen MR) is 80.9 cm³/mol. The number of aryl methyl sites for hydroxylation is 2. The van der Waals surface area contributed by atoms with Crippen molar-refractivity contribution in [2.45, 2.75) is 25.3 Å². The molecule has 21 heavy (non-hydrogen) atoms. The van der Waals surface area contributed by atoms with E-state index >= 15 is 0 Å². The fourth-order valence-corrected chi connectivity index (χ4v) is 2.83. The van der Waals surface area contributed by atoms with Gasteiger partial charge < -0.3 is 4.74 Å². The molecule has 0 unspecified atom stereocenters. The van der Waals surface area contributed by atoms with Crippen LogP contribution in [0.4, 0.5) is 0 Å². The highest BCUT2D eigenvalue weighted by molar-refractivity contribution is 7.89. The van der Waals surface area contributed by atoms with E-state index < -0.39 is 10.0 Å². The lowest BCUT2D eigenvalue weighted by molar-refractivity contribution is 0.301. The first kappa shape index (κ1) is 15.8. The van der Waals surface area contributed by atoms with Crippen LogP contribution in [-0.4, -0.2) is 13.4 Å². The Kier molecular flexibility index (Phi) is 4.51. The van der Waals surface area contributed by atoms with Crippen LogP contribution >= 0.6 is 11.6 Å². The summed E-state index contributed by atoms with van der Waals surface area (Å²) in [6, 6.07) is 4.75. The zero-order valence-electron chi connectivity index (χ0n) is 11.6. The quantitative estimate of drug-likeness (QED) is 0.936. The van der Waals surface area contributed by atoms with E-state index in [0.29, 0.717) is 21.9 Å². The van der Waals surface area contributed by atoms with Gasteiger partial charge in [-0.1, -0.05) is 11.6 Å². The molecule has 1 aromatic carbocycles. The fraction of sp³-hybridized carbons (Fsp3) is 0.214. The van der Waals surface area contributed by atoms with Crippen LogP contribution < -0.4 is 9.88 Å². The monoisotopic (exact) mass is 326 g/mol. The normalized spacial score (nSPS) is 11.4. The van der Waals surface area contributed by atoms with E-state index in [-0.39, 0.29) is 11.5 Å². The van der Waals surface area contributed by atoms with Crippen molar-refractivity contribution in [2.24, 2.45) is 5.14 Å². The van der Waals surface area contributed by atoms with Crippen LogP contribution in [0.15, 0.2) is 35.5 Å². The Balaban J connectivity index is 2.28. The number of ether oxygens (including phenoxy) is 1. The van der Waals surface area contributed by atoms with Gasteiger partial charge in [-0.25, -0.2) is 13.6 Å². The third kappa shape index (κ3) is 3.72. The molecule has 0 amide bonds. The maximum absolute atomic E-state index is 11.4. The van der Waals surface area contributed by atoms with Gasteiger partial charge in [0.2, 0.25) is 10.0 Å². The highest BCUT2D eigenvalue weighted by atomic mass is 35.5. The van der Waals surface area contributed by atoms with Crippen molar-refractivity contribution in [3.8, 4) is 5.75 Å². The molecule has 0 saturated carbocycles. The molecular formula is C14H15ClN2O3S. The van der Waals surface area contributed by atoms with Crippen LogP contribution in [0.1, 0.15) is 16.7 Å². The van der Waals surface area contributed by atoms with Gasteiger partial charge in [0.15, 0.2) is 0 Å². The molecule has 0 saturated heterocycles.